The van der Waals surface area contributed by atoms with E-state index in [9.17, 15) is 13.2 Å². The zero-order valence-corrected chi connectivity index (χ0v) is 18.7. The maximum atomic E-state index is 13.5. The fourth-order valence-electron chi connectivity index (χ4n) is 3.67. The minimum atomic E-state index is -3.92. The molecule has 1 atom stereocenters. The van der Waals surface area contributed by atoms with Crippen LogP contribution in [-0.2, 0) is 14.8 Å². The van der Waals surface area contributed by atoms with Gasteiger partial charge in [-0.25, -0.2) is 8.42 Å². The minimum Gasteiger partial charge on any atom is -0.494 e. The van der Waals surface area contributed by atoms with Gasteiger partial charge in [0.25, 0.3) is 10.0 Å². The summed E-state index contributed by atoms with van der Waals surface area (Å²) in [6, 6.07) is 13.5. The van der Waals surface area contributed by atoms with Crippen molar-refractivity contribution in [3.8, 4) is 5.75 Å². The summed E-state index contributed by atoms with van der Waals surface area (Å²) in [6.07, 6.45) is 2.04. The third-order valence-electron chi connectivity index (χ3n) is 5.33. The van der Waals surface area contributed by atoms with E-state index in [1.54, 1.807) is 29.2 Å². The van der Waals surface area contributed by atoms with E-state index < -0.39 is 10.0 Å². The summed E-state index contributed by atoms with van der Waals surface area (Å²) in [5.41, 5.74) is 1.50. The van der Waals surface area contributed by atoms with E-state index in [4.69, 9.17) is 4.74 Å². The van der Waals surface area contributed by atoms with Crippen LogP contribution in [0.25, 0.3) is 0 Å². The fourth-order valence-corrected chi connectivity index (χ4v) is 5.08. The van der Waals surface area contributed by atoms with Gasteiger partial charge in [0, 0.05) is 13.1 Å². The summed E-state index contributed by atoms with van der Waals surface area (Å²) in [5.74, 6) is 0.867. The Labute approximate surface area is 179 Å². The Morgan fingerprint density at radius 1 is 1.13 bits per heavy atom. The van der Waals surface area contributed by atoms with E-state index >= 15 is 0 Å². The number of hydrogen-bond donors (Lipinski definition) is 0. The zero-order chi connectivity index (χ0) is 21.7. The normalized spacial score (nSPS) is 16.9. The van der Waals surface area contributed by atoms with Crippen LogP contribution in [-0.4, -0.2) is 45.5 Å². The van der Waals surface area contributed by atoms with Crippen molar-refractivity contribution in [1.29, 1.82) is 0 Å². The van der Waals surface area contributed by atoms with Crippen molar-refractivity contribution in [3.63, 3.8) is 0 Å². The molecule has 0 bridgehead atoms. The lowest BCUT2D eigenvalue weighted by molar-refractivity contribution is -0.131. The molecule has 1 aliphatic heterocycles. The molecule has 0 aliphatic carbocycles. The van der Waals surface area contributed by atoms with E-state index in [2.05, 4.69) is 6.92 Å². The molecule has 0 spiro atoms. The molecule has 0 unspecified atom stereocenters. The lowest BCUT2D eigenvalue weighted by Crippen LogP contribution is -2.46. The molecule has 0 radical (unpaired) electrons. The molecule has 0 aromatic heterocycles. The van der Waals surface area contributed by atoms with Crippen molar-refractivity contribution >= 4 is 21.6 Å². The molecule has 1 fully saturated rings. The molecule has 1 amide bonds. The molecule has 1 heterocycles. The van der Waals surface area contributed by atoms with Gasteiger partial charge in [-0.15, -0.1) is 0 Å². The molecule has 0 N–H and O–H groups in total. The van der Waals surface area contributed by atoms with Crippen molar-refractivity contribution in [2.45, 2.75) is 38.5 Å². The molecule has 1 aliphatic rings. The van der Waals surface area contributed by atoms with Crippen LogP contribution < -0.4 is 9.04 Å². The molecule has 6 nitrogen and oxygen atoms in total. The van der Waals surface area contributed by atoms with Crippen LogP contribution in [0.15, 0.2) is 53.4 Å². The predicted molar refractivity (Wildman–Crippen MR) is 118 cm³/mol. The molecule has 7 heteroatoms. The Kier molecular flexibility index (Phi) is 7.02. The summed E-state index contributed by atoms with van der Waals surface area (Å²) < 4.78 is 33.6. The molecular formula is C23H30N2O4S. The number of benzene rings is 2. The monoisotopic (exact) mass is 430 g/mol. The Morgan fingerprint density at radius 2 is 1.80 bits per heavy atom. The highest BCUT2D eigenvalue weighted by Crippen LogP contribution is 2.26. The van der Waals surface area contributed by atoms with Gasteiger partial charge < -0.3 is 9.64 Å². The van der Waals surface area contributed by atoms with Gasteiger partial charge in [-0.1, -0.05) is 24.6 Å². The first kappa shape index (κ1) is 22.2. The second-order valence-corrected chi connectivity index (χ2v) is 9.70. The summed E-state index contributed by atoms with van der Waals surface area (Å²) in [5, 5.41) is 0. The maximum Gasteiger partial charge on any atom is 0.264 e. The number of carbonyl (C=O) groups excluding carboxylic acids is 1. The summed E-state index contributed by atoms with van der Waals surface area (Å²) in [7, 11) is -3.92. The molecule has 3 rings (SSSR count). The third kappa shape index (κ3) is 5.14. The van der Waals surface area contributed by atoms with Gasteiger partial charge >= 0.3 is 0 Å². The van der Waals surface area contributed by atoms with Crippen molar-refractivity contribution in [2.24, 2.45) is 5.92 Å². The Bertz CT molecular complexity index is 956. The van der Waals surface area contributed by atoms with Crippen LogP contribution in [0.2, 0.25) is 0 Å². The van der Waals surface area contributed by atoms with Gasteiger partial charge in [0.05, 0.1) is 17.2 Å². The SMILES string of the molecule is CCOc1ccc(S(=O)(=O)N(CC(=O)N2CCC[C@H](C)C2)c2ccc(C)cc2)cc1. The van der Waals surface area contributed by atoms with Crippen LogP contribution in [0.4, 0.5) is 5.69 Å². The first-order valence-electron chi connectivity index (χ1n) is 10.4. The number of ether oxygens (including phenoxy) is 1. The van der Waals surface area contributed by atoms with Gasteiger partial charge in [-0.2, -0.15) is 0 Å². The number of anilines is 1. The zero-order valence-electron chi connectivity index (χ0n) is 17.9. The highest BCUT2D eigenvalue weighted by molar-refractivity contribution is 7.92. The standard InChI is InChI=1S/C23H30N2O4S/c1-4-29-21-11-13-22(14-12-21)30(27,28)25(20-9-7-18(2)8-10-20)17-23(26)24-15-5-6-19(3)16-24/h7-14,19H,4-6,15-17H2,1-3H3/t19-/m0/s1. The van der Waals surface area contributed by atoms with Crippen LogP contribution in [0.3, 0.4) is 0 Å². The first-order chi connectivity index (χ1) is 14.3. The molecule has 30 heavy (non-hydrogen) atoms. The molecule has 0 saturated carbocycles. The van der Waals surface area contributed by atoms with Crippen LogP contribution >= 0.6 is 0 Å². The maximum absolute atomic E-state index is 13.5. The molecule has 1 saturated heterocycles. The van der Waals surface area contributed by atoms with Crippen molar-refractivity contribution in [1.82, 2.24) is 4.90 Å². The number of likely N-dealkylation sites (tertiary alicyclic amines) is 1. The van der Waals surface area contributed by atoms with Crippen molar-refractivity contribution < 1.29 is 17.9 Å². The number of hydrogen-bond acceptors (Lipinski definition) is 4. The lowest BCUT2D eigenvalue weighted by Gasteiger charge is -2.33. The van der Waals surface area contributed by atoms with Crippen LogP contribution in [0.5, 0.6) is 5.75 Å². The van der Waals surface area contributed by atoms with Gasteiger partial charge in [-0.3, -0.25) is 9.10 Å². The number of piperidine rings is 1. The first-order valence-corrected chi connectivity index (χ1v) is 11.9. The number of amides is 1. The van der Waals surface area contributed by atoms with E-state index in [-0.39, 0.29) is 17.3 Å². The van der Waals surface area contributed by atoms with Gasteiger partial charge in [0.2, 0.25) is 5.91 Å². The topological polar surface area (TPSA) is 66.9 Å². The predicted octanol–water partition coefficient (Wildman–Crippen LogP) is 3.85. The van der Waals surface area contributed by atoms with E-state index in [1.165, 1.54) is 16.4 Å². The molecular weight excluding hydrogens is 400 g/mol. The Morgan fingerprint density at radius 3 is 2.40 bits per heavy atom. The van der Waals surface area contributed by atoms with Gasteiger partial charge in [0.15, 0.2) is 0 Å². The third-order valence-corrected chi connectivity index (χ3v) is 7.12. The Hall–Kier alpha value is -2.54. The number of carbonyl (C=O) groups is 1. The molecule has 2 aromatic carbocycles. The fraction of sp³-hybridized carbons (Fsp3) is 0.435. The average Bonchev–Trinajstić information content (AvgIpc) is 2.73. The number of nitrogens with zero attached hydrogens (tertiary/aromatic N) is 2. The lowest BCUT2D eigenvalue weighted by atomic mass is 10.0. The Balaban J connectivity index is 1.92. The summed E-state index contributed by atoms with van der Waals surface area (Å²) >= 11 is 0. The average molecular weight is 431 g/mol. The number of rotatable bonds is 7. The van der Waals surface area contributed by atoms with E-state index in [0.29, 0.717) is 37.1 Å². The summed E-state index contributed by atoms with van der Waals surface area (Å²) in [6.45, 7) is 7.56. The van der Waals surface area contributed by atoms with Crippen molar-refractivity contribution in [2.75, 3.05) is 30.5 Å². The summed E-state index contributed by atoms with van der Waals surface area (Å²) in [4.78, 5) is 14.9. The van der Waals surface area contributed by atoms with Crippen LogP contribution in [0, 0.1) is 12.8 Å². The van der Waals surface area contributed by atoms with E-state index in [0.717, 1.165) is 18.4 Å². The highest BCUT2D eigenvalue weighted by atomic mass is 32.2. The van der Waals surface area contributed by atoms with E-state index in [1.807, 2.05) is 26.0 Å². The second kappa shape index (κ2) is 9.51. The molecule has 2 aromatic rings. The highest BCUT2D eigenvalue weighted by Gasteiger charge is 2.30. The molecule has 162 valence electrons. The largest absolute Gasteiger partial charge is 0.494 e. The van der Waals surface area contributed by atoms with Crippen LogP contribution in [0.1, 0.15) is 32.3 Å². The smallest absolute Gasteiger partial charge is 0.264 e. The quantitative estimate of drug-likeness (QED) is 0.669. The second-order valence-electron chi connectivity index (χ2n) is 7.84. The number of sulfonamides is 1. The minimum absolute atomic E-state index is 0.131. The number of aryl methyl sites for hydroxylation is 1. The van der Waals surface area contributed by atoms with Crippen molar-refractivity contribution in [3.05, 3.63) is 54.1 Å². The van der Waals surface area contributed by atoms with Gasteiger partial charge in [0.1, 0.15) is 12.3 Å². The van der Waals surface area contributed by atoms with Gasteiger partial charge in [-0.05, 0) is 69.0 Å².